The third kappa shape index (κ3) is 2.98. The van der Waals surface area contributed by atoms with Crippen molar-refractivity contribution in [1.29, 1.82) is 5.26 Å². The number of rotatable bonds is 6. The number of fused-ring (bicyclic) bond motifs is 1. The average molecular weight is 299 g/mol. The van der Waals surface area contributed by atoms with E-state index < -0.39 is 0 Å². The SMILES string of the molecule is CN(CC(=O)NC1CC1)c1ncnc2c1cnn2CCC#N. The molecule has 8 nitrogen and oxygen atoms in total. The highest BCUT2D eigenvalue weighted by Crippen LogP contribution is 2.22. The predicted octanol–water partition coefficient (Wildman–Crippen LogP) is 0.455. The van der Waals surface area contributed by atoms with Crippen molar-refractivity contribution in [2.75, 3.05) is 18.5 Å². The fraction of sp³-hybridized carbons (Fsp3) is 0.500. The van der Waals surface area contributed by atoms with Crippen LogP contribution < -0.4 is 10.2 Å². The number of anilines is 1. The monoisotopic (exact) mass is 299 g/mol. The van der Waals surface area contributed by atoms with Crippen molar-refractivity contribution in [2.45, 2.75) is 31.8 Å². The summed E-state index contributed by atoms with van der Waals surface area (Å²) < 4.78 is 1.68. The van der Waals surface area contributed by atoms with E-state index in [0.717, 1.165) is 18.2 Å². The van der Waals surface area contributed by atoms with Crippen molar-refractivity contribution in [3.05, 3.63) is 12.5 Å². The summed E-state index contributed by atoms with van der Waals surface area (Å²) in [5.74, 6) is 0.660. The molecule has 2 aromatic heterocycles. The van der Waals surface area contributed by atoms with E-state index in [0.29, 0.717) is 30.5 Å². The number of nitrogens with zero attached hydrogens (tertiary/aromatic N) is 6. The first kappa shape index (κ1) is 14.3. The zero-order valence-electron chi connectivity index (χ0n) is 12.4. The van der Waals surface area contributed by atoms with Crippen LogP contribution in [0.2, 0.25) is 0 Å². The zero-order chi connectivity index (χ0) is 15.5. The molecule has 0 atom stereocenters. The van der Waals surface area contributed by atoms with Crippen molar-refractivity contribution in [2.24, 2.45) is 0 Å². The normalized spacial score (nSPS) is 13.8. The van der Waals surface area contributed by atoms with Crippen LogP contribution in [0, 0.1) is 11.3 Å². The number of hydrogen-bond donors (Lipinski definition) is 1. The van der Waals surface area contributed by atoms with E-state index >= 15 is 0 Å². The van der Waals surface area contributed by atoms with Crippen LogP contribution in [0.4, 0.5) is 5.82 Å². The molecule has 1 fully saturated rings. The number of likely N-dealkylation sites (N-methyl/N-ethyl adjacent to an activating group) is 1. The molecule has 0 unspecified atom stereocenters. The molecule has 1 N–H and O–H groups in total. The molecule has 1 amide bonds. The summed E-state index contributed by atoms with van der Waals surface area (Å²) in [7, 11) is 1.82. The summed E-state index contributed by atoms with van der Waals surface area (Å²) in [5.41, 5.74) is 0.676. The van der Waals surface area contributed by atoms with Gasteiger partial charge in [-0.1, -0.05) is 0 Å². The van der Waals surface area contributed by atoms with Gasteiger partial charge in [-0.25, -0.2) is 14.6 Å². The van der Waals surface area contributed by atoms with Gasteiger partial charge in [-0.3, -0.25) is 4.79 Å². The van der Waals surface area contributed by atoms with Gasteiger partial charge in [0, 0.05) is 13.1 Å². The lowest BCUT2D eigenvalue weighted by Crippen LogP contribution is -2.36. The Bertz CT molecular complexity index is 728. The highest BCUT2D eigenvalue weighted by atomic mass is 16.2. The molecular weight excluding hydrogens is 282 g/mol. The average Bonchev–Trinajstić information content (AvgIpc) is 3.22. The van der Waals surface area contributed by atoms with Crippen LogP contribution in [0.5, 0.6) is 0 Å². The second kappa shape index (κ2) is 5.97. The minimum Gasteiger partial charge on any atom is -0.352 e. The van der Waals surface area contributed by atoms with Gasteiger partial charge in [0.05, 0.1) is 37.2 Å². The molecule has 2 heterocycles. The molecule has 0 aliphatic heterocycles. The fourth-order valence-corrected chi connectivity index (χ4v) is 2.30. The lowest BCUT2D eigenvalue weighted by molar-refractivity contribution is -0.119. The molecular formula is C14H17N7O. The second-order valence-corrected chi connectivity index (χ2v) is 5.41. The maximum atomic E-state index is 11.9. The zero-order valence-corrected chi connectivity index (χ0v) is 12.4. The second-order valence-electron chi connectivity index (χ2n) is 5.41. The molecule has 114 valence electrons. The van der Waals surface area contributed by atoms with Crippen molar-refractivity contribution < 1.29 is 4.79 Å². The molecule has 1 aliphatic carbocycles. The number of nitriles is 1. The van der Waals surface area contributed by atoms with Crippen molar-refractivity contribution in [3.63, 3.8) is 0 Å². The molecule has 0 aromatic carbocycles. The summed E-state index contributed by atoms with van der Waals surface area (Å²) in [6.07, 6.45) is 5.64. The third-order valence-corrected chi connectivity index (χ3v) is 3.53. The molecule has 1 saturated carbocycles. The van der Waals surface area contributed by atoms with Crippen LogP contribution >= 0.6 is 0 Å². The molecule has 0 saturated heterocycles. The number of aryl methyl sites for hydroxylation is 1. The lowest BCUT2D eigenvalue weighted by atomic mass is 10.3. The number of nitrogens with one attached hydrogen (secondary N) is 1. The van der Waals surface area contributed by atoms with Crippen LogP contribution in [-0.4, -0.2) is 45.3 Å². The molecule has 8 heteroatoms. The molecule has 0 bridgehead atoms. The Kier molecular flexibility index (Phi) is 3.87. The van der Waals surface area contributed by atoms with Crippen molar-refractivity contribution in [1.82, 2.24) is 25.1 Å². The molecule has 0 spiro atoms. The Balaban J connectivity index is 1.79. The predicted molar refractivity (Wildman–Crippen MR) is 80.0 cm³/mol. The van der Waals surface area contributed by atoms with E-state index in [2.05, 4.69) is 26.5 Å². The van der Waals surface area contributed by atoms with Gasteiger partial charge in [0.25, 0.3) is 0 Å². The quantitative estimate of drug-likeness (QED) is 0.831. The lowest BCUT2D eigenvalue weighted by Gasteiger charge is -2.18. The molecule has 3 rings (SSSR count). The number of carbonyl (C=O) groups is 1. The van der Waals surface area contributed by atoms with Gasteiger partial charge in [-0.05, 0) is 12.8 Å². The van der Waals surface area contributed by atoms with E-state index in [9.17, 15) is 4.79 Å². The van der Waals surface area contributed by atoms with Gasteiger partial charge < -0.3 is 10.2 Å². The number of amides is 1. The highest BCUT2D eigenvalue weighted by molar-refractivity contribution is 5.89. The van der Waals surface area contributed by atoms with Crippen molar-refractivity contribution >= 4 is 22.8 Å². The van der Waals surface area contributed by atoms with Crippen LogP contribution in [-0.2, 0) is 11.3 Å². The first-order valence-corrected chi connectivity index (χ1v) is 7.23. The highest BCUT2D eigenvalue weighted by Gasteiger charge is 2.24. The van der Waals surface area contributed by atoms with Gasteiger partial charge in [-0.2, -0.15) is 10.4 Å². The Labute approximate surface area is 127 Å². The topological polar surface area (TPSA) is 99.7 Å². The molecule has 0 radical (unpaired) electrons. The summed E-state index contributed by atoms with van der Waals surface area (Å²) in [6.45, 7) is 0.730. The first-order chi connectivity index (χ1) is 10.7. The van der Waals surface area contributed by atoms with Crippen molar-refractivity contribution in [3.8, 4) is 6.07 Å². The number of carbonyl (C=O) groups excluding carboxylic acids is 1. The smallest absolute Gasteiger partial charge is 0.239 e. The Morgan fingerprint density at radius 3 is 3.09 bits per heavy atom. The minimum atomic E-state index is -0.00589. The van der Waals surface area contributed by atoms with Crippen LogP contribution in [0.3, 0.4) is 0 Å². The van der Waals surface area contributed by atoms with E-state index in [1.807, 2.05) is 7.05 Å². The van der Waals surface area contributed by atoms with E-state index in [1.54, 1.807) is 15.8 Å². The third-order valence-electron chi connectivity index (χ3n) is 3.53. The van der Waals surface area contributed by atoms with Crippen LogP contribution in [0.15, 0.2) is 12.5 Å². The maximum Gasteiger partial charge on any atom is 0.239 e. The fourth-order valence-electron chi connectivity index (χ4n) is 2.30. The van der Waals surface area contributed by atoms with Crippen LogP contribution in [0.25, 0.3) is 11.0 Å². The molecule has 22 heavy (non-hydrogen) atoms. The Morgan fingerprint density at radius 2 is 2.36 bits per heavy atom. The molecule has 2 aromatic rings. The van der Waals surface area contributed by atoms with Crippen LogP contribution in [0.1, 0.15) is 19.3 Å². The van der Waals surface area contributed by atoms with E-state index in [1.165, 1.54) is 6.33 Å². The van der Waals surface area contributed by atoms with E-state index in [4.69, 9.17) is 5.26 Å². The summed E-state index contributed by atoms with van der Waals surface area (Å²) in [4.78, 5) is 22.2. The standard InChI is InChI=1S/C14H17N7O/c1-20(8-12(22)19-10-3-4-10)13-11-7-18-21(6-2-5-15)14(11)17-9-16-13/h7,9-10H,2-4,6,8H2,1H3,(H,19,22). The van der Waals surface area contributed by atoms with Gasteiger partial charge in [0.15, 0.2) is 5.65 Å². The first-order valence-electron chi connectivity index (χ1n) is 7.23. The Morgan fingerprint density at radius 1 is 1.55 bits per heavy atom. The van der Waals surface area contributed by atoms with Gasteiger partial charge in [0.1, 0.15) is 12.1 Å². The number of hydrogen-bond acceptors (Lipinski definition) is 6. The van der Waals surface area contributed by atoms with E-state index in [-0.39, 0.29) is 12.5 Å². The van der Waals surface area contributed by atoms with Gasteiger partial charge >= 0.3 is 0 Å². The number of aromatic nitrogens is 4. The Hall–Kier alpha value is -2.69. The van der Waals surface area contributed by atoms with Gasteiger partial charge in [0.2, 0.25) is 5.91 Å². The minimum absolute atomic E-state index is 0.00589. The van der Waals surface area contributed by atoms with Gasteiger partial charge in [-0.15, -0.1) is 0 Å². The summed E-state index contributed by atoms with van der Waals surface area (Å²) in [5, 5.41) is 16.7. The molecule has 1 aliphatic rings. The summed E-state index contributed by atoms with van der Waals surface area (Å²) in [6, 6.07) is 2.44. The largest absolute Gasteiger partial charge is 0.352 e. The summed E-state index contributed by atoms with van der Waals surface area (Å²) >= 11 is 0. The maximum absolute atomic E-state index is 11.9.